The number of hydrogen-bond acceptors (Lipinski definition) is 4. The molecule has 0 saturated heterocycles. The third-order valence-electron chi connectivity index (χ3n) is 4.65. The summed E-state index contributed by atoms with van der Waals surface area (Å²) in [7, 11) is 0. The number of thiophene rings is 1. The number of amides is 1. The van der Waals surface area contributed by atoms with Gasteiger partial charge in [-0.05, 0) is 53.6 Å². The first-order chi connectivity index (χ1) is 11.0. The highest BCUT2D eigenvalue weighted by Crippen LogP contribution is 2.29. The minimum absolute atomic E-state index is 0.175. The molecule has 0 radical (unpaired) electrons. The lowest BCUT2D eigenvalue weighted by molar-refractivity contribution is -0.150. The maximum Gasteiger partial charge on any atom is 0.331 e. The molecule has 1 aromatic heterocycles. The van der Waals surface area contributed by atoms with Gasteiger partial charge in [-0.3, -0.25) is 4.79 Å². The minimum Gasteiger partial charge on any atom is -0.449 e. The standard InChI is InChI=1S/C18H25NO3S/c1-12-5-4-6-16(13(12)2)19-18(21)14(3)22-17(20)8-7-15-9-10-23-11-15/h7-14,16H,4-6H2,1-3H3,(H,19,21)/b8-7+/t12-,13+,14+,16-/m0/s1. The number of carbonyl (C=O) groups excluding carboxylic acids is 2. The third kappa shape index (κ3) is 5.20. The first-order valence-electron chi connectivity index (χ1n) is 8.18. The van der Waals surface area contributed by atoms with Crippen LogP contribution in [0, 0.1) is 11.8 Å². The van der Waals surface area contributed by atoms with E-state index < -0.39 is 12.1 Å². The van der Waals surface area contributed by atoms with Crippen molar-refractivity contribution in [3.05, 3.63) is 28.5 Å². The number of carbonyl (C=O) groups is 2. The molecule has 1 N–H and O–H groups in total. The van der Waals surface area contributed by atoms with Crippen LogP contribution in [0.15, 0.2) is 22.9 Å². The average molecular weight is 335 g/mol. The van der Waals surface area contributed by atoms with Gasteiger partial charge in [0, 0.05) is 12.1 Å². The van der Waals surface area contributed by atoms with Gasteiger partial charge in [-0.25, -0.2) is 4.79 Å². The summed E-state index contributed by atoms with van der Waals surface area (Å²) in [5.74, 6) is 0.353. The SMILES string of the molecule is C[C@H]1[C@@H](NC(=O)[C@@H](C)OC(=O)/C=C/c2ccsc2)CCC[C@@H]1C. The predicted molar refractivity (Wildman–Crippen MR) is 93.0 cm³/mol. The smallest absolute Gasteiger partial charge is 0.331 e. The van der Waals surface area contributed by atoms with Gasteiger partial charge in [0.15, 0.2) is 6.10 Å². The van der Waals surface area contributed by atoms with Crippen LogP contribution in [0.1, 0.15) is 45.6 Å². The zero-order chi connectivity index (χ0) is 16.8. The Hall–Kier alpha value is -1.62. The summed E-state index contributed by atoms with van der Waals surface area (Å²) in [6, 6.07) is 2.09. The zero-order valence-corrected chi connectivity index (χ0v) is 14.8. The van der Waals surface area contributed by atoms with Crippen molar-refractivity contribution in [1.29, 1.82) is 0 Å². The highest BCUT2D eigenvalue weighted by atomic mass is 32.1. The Bertz CT molecular complexity index is 553. The van der Waals surface area contributed by atoms with Crippen LogP contribution in [0.2, 0.25) is 0 Å². The van der Waals surface area contributed by atoms with E-state index in [4.69, 9.17) is 4.74 Å². The lowest BCUT2D eigenvalue weighted by Gasteiger charge is -2.35. The molecule has 0 aromatic carbocycles. The van der Waals surface area contributed by atoms with Crippen molar-refractivity contribution >= 4 is 29.3 Å². The van der Waals surface area contributed by atoms with Gasteiger partial charge in [0.05, 0.1) is 0 Å². The van der Waals surface area contributed by atoms with E-state index in [1.54, 1.807) is 24.3 Å². The van der Waals surface area contributed by atoms with Crippen molar-refractivity contribution in [1.82, 2.24) is 5.32 Å². The van der Waals surface area contributed by atoms with Crippen LogP contribution in [0.25, 0.3) is 6.08 Å². The van der Waals surface area contributed by atoms with Crippen molar-refractivity contribution in [3.8, 4) is 0 Å². The number of nitrogens with one attached hydrogen (secondary N) is 1. The van der Waals surface area contributed by atoms with E-state index in [0.717, 1.165) is 18.4 Å². The molecule has 0 unspecified atom stereocenters. The fraction of sp³-hybridized carbons (Fsp3) is 0.556. The molecule has 1 heterocycles. The van der Waals surface area contributed by atoms with Crippen LogP contribution < -0.4 is 5.32 Å². The Balaban J connectivity index is 1.81. The molecule has 1 amide bonds. The number of ether oxygens (including phenoxy) is 1. The summed E-state index contributed by atoms with van der Waals surface area (Å²) >= 11 is 1.56. The Morgan fingerprint density at radius 2 is 2.17 bits per heavy atom. The van der Waals surface area contributed by atoms with Gasteiger partial charge in [-0.2, -0.15) is 11.3 Å². The molecule has 1 saturated carbocycles. The van der Waals surface area contributed by atoms with E-state index in [2.05, 4.69) is 19.2 Å². The van der Waals surface area contributed by atoms with Gasteiger partial charge in [0.25, 0.3) is 5.91 Å². The van der Waals surface area contributed by atoms with E-state index in [1.165, 1.54) is 12.5 Å². The summed E-state index contributed by atoms with van der Waals surface area (Å²) in [6.45, 7) is 6.01. The molecule has 126 valence electrons. The van der Waals surface area contributed by atoms with Gasteiger partial charge in [0.2, 0.25) is 0 Å². The number of esters is 1. The molecule has 1 aliphatic carbocycles. The van der Waals surface area contributed by atoms with E-state index in [1.807, 2.05) is 16.8 Å². The highest BCUT2D eigenvalue weighted by Gasteiger charge is 2.29. The van der Waals surface area contributed by atoms with Crippen LogP contribution in [0.5, 0.6) is 0 Å². The van der Waals surface area contributed by atoms with Crippen LogP contribution in [-0.2, 0) is 14.3 Å². The Labute approximate surface area is 141 Å². The topological polar surface area (TPSA) is 55.4 Å². The molecule has 2 rings (SSSR count). The van der Waals surface area contributed by atoms with Crippen molar-refractivity contribution in [3.63, 3.8) is 0 Å². The van der Waals surface area contributed by atoms with Gasteiger partial charge >= 0.3 is 5.97 Å². The monoisotopic (exact) mass is 335 g/mol. The maximum absolute atomic E-state index is 12.2. The fourth-order valence-corrected chi connectivity index (χ4v) is 3.52. The quantitative estimate of drug-likeness (QED) is 0.660. The molecule has 0 bridgehead atoms. The van der Waals surface area contributed by atoms with Gasteiger partial charge in [-0.1, -0.05) is 26.7 Å². The second-order valence-electron chi connectivity index (χ2n) is 6.35. The molecule has 0 spiro atoms. The van der Waals surface area contributed by atoms with Crippen LogP contribution in [-0.4, -0.2) is 24.0 Å². The lowest BCUT2D eigenvalue weighted by atomic mass is 9.78. The summed E-state index contributed by atoms with van der Waals surface area (Å²) in [6.07, 6.45) is 5.61. The molecular formula is C18H25NO3S. The summed E-state index contributed by atoms with van der Waals surface area (Å²) < 4.78 is 5.18. The Morgan fingerprint density at radius 3 is 2.87 bits per heavy atom. The fourth-order valence-electron chi connectivity index (χ4n) is 2.89. The largest absolute Gasteiger partial charge is 0.449 e. The first kappa shape index (κ1) is 17.7. The lowest BCUT2D eigenvalue weighted by Crippen LogP contribution is -2.47. The molecule has 1 aliphatic rings. The van der Waals surface area contributed by atoms with Gasteiger partial charge in [0.1, 0.15) is 0 Å². The van der Waals surface area contributed by atoms with E-state index in [-0.39, 0.29) is 11.9 Å². The Morgan fingerprint density at radius 1 is 1.39 bits per heavy atom. The molecule has 5 heteroatoms. The molecule has 4 nitrogen and oxygen atoms in total. The predicted octanol–water partition coefficient (Wildman–Crippen LogP) is 3.63. The summed E-state index contributed by atoms with van der Waals surface area (Å²) in [4.78, 5) is 24.0. The van der Waals surface area contributed by atoms with Crippen molar-refractivity contribution in [2.45, 2.75) is 52.2 Å². The molecule has 23 heavy (non-hydrogen) atoms. The maximum atomic E-state index is 12.2. The van der Waals surface area contributed by atoms with E-state index in [9.17, 15) is 9.59 Å². The second-order valence-corrected chi connectivity index (χ2v) is 7.13. The van der Waals surface area contributed by atoms with E-state index >= 15 is 0 Å². The van der Waals surface area contributed by atoms with Crippen LogP contribution in [0.3, 0.4) is 0 Å². The minimum atomic E-state index is -0.779. The van der Waals surface area contributed by atoms with E-state index in [0.29, 0.717) is 11.8 Å². The Kier molecular flexibility index (Phi) is 6.39. The van der Waals surface area contributed by atoms with Crippen molar-refractivity contribution in [2.24, 2.45) is 11.8 Å². The highest BCUT2D eigenvalue weighted by molar-refractivity contribution is 7.08. The molecular weight excluding hydrogens is 310 g/mol. The second kappa shape index (κ2) is 8.29. The summed E-state index contributed by atoms with van der Waals surface area (Å²) in [5, 5.41) is 6.91. The van der Waals surface area contributed by atoms with Crippen molar-refractivity contribution in [2.75, 3.05) is 0 Å². The number of rotatable bonds is 5. The zero-order valence-electron chi connectivity index (χ0n) is 14.0. The third-order valence-corrected chi connectivity index (χ3v) is 5.35. The van der Waals surface area contributed by atoms with Crippen LogP contribution >= 0.6 is 11.3 Å². The molecule has 0 aliphatic heterocycles. The number of hydrogen-bond donors (Lipinski definition) is 1. The molecule has 1 aromatic rings. The molecule has 4 atom stereocenters. The van der Waals surface area contributed by atoms with Crippen molar-refractivity contribution < 1.29 is 14.3 Å². The van der Waals surface area contributed by atoms with Crippen LogP contribution in [0.4, 0.5) is 0 Å². The summed E-state index contributed by atoms with van der Waals surface area (Å²) in [5.41, 5.74) is 0.953. The average Bonchev–Trinajstić information content (AvgIpc) is 3.03. The molecule has 1 fully saturated rings. The van der Waals surface area contributed by atoms with Gasteiger partial charge in [-0.15, -0.1) is 0 Å². The normalized spacial score (nSPS) is 26.0. The first-order valence-corrected chi connectivity index (χ1v) is 9.13. The van der Waals surface area contributed by atoms with Gasteiger partial charge < -0.3 is 10.1 Å².